The maximum absolute atomic E-state index is 4.65. The van der Waals surface area contributed by atoms with Gasteiger partial charge in [0.15, 0.2) is 0 Å². The van der Waals surface area contributed by atoms with Crippen LogP contribution in [0.5, 0.6) is 0 Å². The van der Waals surface area contributed by atoms with E-state index in [2.05, 4.69) is 71.4 Å². The summed E-state index contributed by atoms with van der Waals surface area (Å²) in [5, 5.41) is 0. The molecule has 0 spiro atoms. The Morgan fingerprint density at radius 1 is 0.939 bits per heavy atom. The van der Waals surface area contributed by atoms with E-state index in [1.165, 1.54) is 85.6 Å². The molecule has 4 unspecified atom stereocenters. The molecule has 0 radical (unpaired) electrons. The second kappa shape index (κ2) is 12.0. The first-order valence-corrected chi connectivity index (χ1v) is 13.6. The molecule has 0 aliphatic heterocycles. The maximum atomic E-state index is 4.65. The van der Waals surface area contributed by atoms with Crippen molar-refractivity contribution in [3.63, 3.8) is 0 Å². The molecule has 1 aromatic carbocycles. The van der Waals surface area contributed by atoms with Crippen molar-refractivity contribution in [2.45, 2.75) is 91.4 Å². The van der Waals surface area contributed by atoms with Crippen LogP contribution in [-0.4, -0.2) is 0 Å². The quantitative estimate of drug-likeness (QED) is 0.198. The minimum Gasteiger partial charge on any atom is -0.0998 e. The van der Waals surface area contributed by atoms with Crippen molar-refractivity contribution in [1.82, 2.24) is 0 Å². The summed E-state index contributed by atoms with van der Waals surface area (Å²) in [6.45, 7) is 24.6. The predicted molar refractivity (Wildman–Crippen MR) is 146 cm³/mol. The lowest BCUT2D eigenvalue weighted by molar-refractivity contribution is 0.380. The summed E-state index contributed by atoms with van der Waals surface area (Å²) in [6, 6.07) is 8.97. The van der Waals surface area contributed by atoms with Crippen molar-refractivity contribution in [3.8, 4) is 0 Å². The Balaban J connectivity index is 1.49. The third-order valence-corrected chi connectivity index (χ3v) is 8.50. The van der Waals surface area contributed by atoms with Crippen LogP contribution in [0.3, 0.4) is 0 Å². The summed E-state index contributed by atoms with van der Waals surface area (Å²) in [4.78, 5) is 0. The Hall–Kier alpha value is -1.82. The second-order valence-corrected chi connectivity index (χ2v) is 11.3. The van der Waals surface area contributed by atoms with Gasteiger partial charge < -0.3 is 0 Å². The van der Waals surface area contributed by atoms with Gasteiger partial charge in [-0.15, -0.1) is 0 Å². The van der Waals surface area contributed by atoms with E-state index in [0.717, 1.165) is 30.3 Å². The van der Waals surface area contributed by atoms with E-state index in [0.29, 0.717) is 17.8 Å². The third-order valence-electron chi connectivity index (χ3n) is 8.50. The highest BCUT2D eigenvalue weighted by Crippen LogP contribution is 2.47. The van der Waals surface area contributed by atoms with Crippen LogP contribution in [-0.2, 0) is 12.8 Å². The molecule has 0 bridgehead atoms. The monoisotopic (exact) mass is 444 g/mol. The molecule has 2 fully saturated rings. The molecule has 2 saturated carbocycles. The fourth-order valence-corrected chi connectivity index (χ4v) is 6.04. The average molecular weight is 445 g/mol. The summed E-state index contributed by atoms with van der Waals surface area (Å²) in [7, 11) is 0. The van der Waals surface area contributed by atoms with Gasteiger partial charge in [0.25, 0.3) is 0 Å². The minimum atomic E-state index is 0.511. The maximum Gasteiger partial charge on any atom is -0.00998 e. The first-order chi connectivity index (χ1) is 15.8. The van der Waals surface area contributed by atoms with Gasteiger partial charge in [0.2, 0.25) is 0 Å². The highest BCUT2D eigenvalue weighted by Gasteiger charge is 2.35. The summed E-state index contributed by atoms with van der Waals surface area (Å²) in [5.41, 5.74) is 8.38. The molecule has 0 amide bonds. The van der Waals surface area contributed by atoms with Crippen LogP contribution in [0.2, 0.25) is 0 Å². The van der Waals surface area contributed by atoms with Crippen LogP contribution >= 0.6 is 0 Å². The lowest BCUT2D eigenvalue weighted by Crippen LogP contribution is -2.20. The number of benzene rings is 1. The second-order valence-electron chi connectivity index (χ2n) is 11.3. The van der Waals surface area contributed by atoms with Crippen LogP contribution in [0.25, 0.3) is 0 Å². The third kappa shape index (κ3) is 7.33. The number of aryl methyl sites for hydroxylation is 2. The minimum absolute atomic E-state index is 0.511. The van der Waals surface area contributed by atoms with Crippen molar-refractivity contribution in [2.24, 2.45) is 29.6 Å². The molecule has 0 aromatic heterocycles. The molecule has 33 heavy (non-hydrogen) atoms. The van der Waals surface area contributed by atoms with Gasteiger partial charge in [-0.25, -0.2) is 0 Å². The Morgan fingerprint density at radius 3 is 2.18 bits per heavy atom. The molecule has 0 saturated heterocycles. The Kier molecular flexibility index (Phi) is 9.42. The Labute approximate surface area is 205 Å². The standard InChI is InChI=1S/C33H48/c1-8-11-30-12-9-10-13-31(30)18-14-24(4)20-29-17-19-32(21-29)26(6)27(7)33(22-28-15-16-28)25(5)23(2)3/h9-10,12-13,27-29,32-33H,2,4-6,8,11,14-22H2,1,3,7H3. The van der Waals surface area contributed by atoms with Gasteiger partial charge in [0.1, 0.15) is 0 Å². The fraction of sp³-hybridized carbons (Fsp3) is 0.576. The number of rotatable bonds is 14. The summed E-state index contributed by atoms with van der Waals surface area (Å²) in [5.74, 6) is 3.39. The molecule has 0 heterocycles. The molecular formula is C33H48. The van der Waals surface area contributed by atoms with Crippen molar-refractivity contribution in [1.29, 1.82) is 0 Å². The zero-order chi connectivity index (χ0) is 24.0. The van der Waals surface area contributed by atoms with Crippen LogP contribution < -0.4 is 0 Å². The van der Waals surface area contributed by atoms with E-state index in [1.807, 2.05) is 0 Å². The zero-order valence-electron chi connectivity index (χ0n) is 21.8. The van der Waals surface area contributed by atoms with Crippen molar-refractivity contribution < 1.29 is 0 Å². The molecule has 2 aliphatic rings. The Bertz CT molecular complexity index is 849. The van der Waals surface area contributed by atoms with Crippen molar-refractivity contribution >= 4 is 0 Å². The van der Waals surface area contributed by atoms with E-state index in [1.54, 1.807) is 0 Å². The van der Waals surface area contributed by atoms with Crippen molar-refractivity contribution in [2.75, 3.05) is 0 Å². The van der Waals surface area contributed by atoms with E-state index < -0.39 is 0 Å². The van der Waals surface area contributed by atoms with E-state index in [-0.39, 0.29) is 0 Å². The number of hydrogen-bond donors (Lipinski definition) is 0. The molecule has 0 heteroatoms. The topological polar surface area (TPSA) is 0 Å². The summed E-state index contributed by atoms with van der Waals surface area (Å²) < 4.78 is 0. The number of hydrogen-bond acceptors (Lipinski definition) is 0. The lowest BCUT2D eigenvalue weighted by Gasteiger charge is -2.31. The zero-order valence-corrected chi connectivity index (χ0v) is 21.8. The van der Waals surface area contributed by atoms with Gasteiger partial charge in [-0.1, -0.05) is 100 Å². The molecule has 1 aromatic rings. The summed E-state index contributed by atoms with van der Waals surface area (Å²) in [6.07, 6.45) is 13.9. The van der Waals surface area contributed by atoms with E-state index in [9.17, 15) is 0 Å². The highest BCUT2D eigenvalue weighted by atomic mass is 14.4. The van der Waals surface area contributed by atoms with E-state index >= 15 is 0 Å². The van der Waals surface area contributed by atoms with Crippen LogP contribution in [0.15, 0.2) is 72.9 Å². The predicted octanol–water partition coefficient (Wildman–Crippen LogP) is 9.68. The van der Waals surface area contributed by atoms with Crippen LogP contribution in [0.4, 0.5) is 0 Å². The van der Waals surface area contributed by atoms with Gasteiger partial charge in [-0.3, -0.25) is 0 Å². The van der Waals surface area contributed by atoms with Crippen molar-refractivity contribution in [3.05, 3.63) is 84.0 Å². The van der Waals surface area contributed by atoms with E-state index in [4.69, 9.17) is 0 Å². The molecule has 0 nitrogen and oxygen atoms in total. The first kappa shape index (κ1) is 25.8. The largest absolute Gasteiger partial charge is 0.0998 e. The van der Waals surface area contributed by atoms with Gasteiger partial charge in [0.05, 0.1) is 0 Å². The SMILES string of the molecule is C=C(CCc1ccccc1CCC)CC1CCC(C(=C)C(C)C(CC2CC2)C(=C)C(=C)C)C1. The normalized spacial score (nSPS) is 22.0. The first-order valence-electron chi connectivity index (χ1n) is 13.6. The molecule has 0 N–H and O–H groups in total. The number of allylic oxidation sites excluding steroid dienone is 4. The smallest absolute Gasteiger partial charge is 0.00998 e. The van der Waals surface area contributed by atoms with Gasteiger partial charge in [0, 0.05) is 0 Å². The molecule has 3 rings (SSSR count). The van der Waals surface area contributed by atoms with Gasteiger partial charge in [-0.2, -0.15) is 0 Å². The lowest BCUT2D eigenvalue weighted by atomic mass is 9.74. The summed E-state index contributed by atoms with van der Waals surface area (Å²) >= 11 is 0. The molecule has 180 valence electrons. The molecular weight excluding hydrogens is 396 g/mol. The molecule has 4 atom stereocenters. The molecule has 2 aliphatic carbocycles. The Morgan fingerprint density at radius 2 is 1.58 bits per heavy atom. The van der Waals surface area contributed by atoms with Gasteiger partial charge in [-0.05, 0) is 105 Å². The van der Waals surface area contributed by atoms with Crippen LogP contribution in [0.1, 0.15) is 89.7 Å². The fourth-order valence-electron chi connectivity index (χ4n) is 6.04. The average Bonchev–Trinajstić information content (AvgIpc) is 3.51. The van der Waals surface area contributed by atoms with Gasteiger partial charge >= 0.3 is 0 Å². The van der Waals surface area contributed by atoms with Crippen LogP contribution in [0, 0.1) is 29.6 Å². The highest BCUT2D eigenvalue weighted by molar-refractivity contribution is 5.30.